The zero-order valence-corrected chi connectivity index (χ0v) is 9.30. The molecule has 1 aromatic rings. The summed E-state index contributed by atoms with van der Waals surface area (Å²) in [6.45, 7) is 1.64. The molecule has 0 saturated heterocycles. The second kappa shape index (κ2) is 5.07. The van der Waals surface area contributed by atoms with Crippen molar-refractivity contribution < 1.29 is 27.4 Å². The van der Waals surface area contributed by atoms with Crippen molar-refractivity contribution in [2.24, 2.45) is 0 Å². The van der Waals surface area contributed by atoms with Crippen LogP contribution in [0.1, 0.15) is 22.8 Å². The van der Waals surface area contributed by atoms with Crippen molar-refractivity contribution in [3.8, 4) is 11.5 Å². The Morgan fingerprint density at radius 3 is 2.35 bits per heavy atom. The summed E-state index contributed by atoms with van der Waals surface area (Å²) in [7, 11) is 1.20. The maximum Gasteiger partial charge on any atom is 0.420 e. The van der Waals surface area contributed by atoms with E-state index in [9.17, 15) is 18.0 Å². The van der Waals surface area contributed by atoms with E-state index in [-0.39, 0.29) is 23.7 Å². The summed E-state index contributed by atoms with van der Waals surface area (Å²) >= 11 is 0. The summed E-state index contributed by atoms with van der Waals surface area (Å²) in [6.07, 6.45) is -4.14. The third-order valence-corrected chi connectivity index (χ3v) is 2.06. The molecule has 0 aliphatic heterocycles. The summed E-state index contributed by atoms with van der Waals surface area (Å²) in [5.41, 5.74) is -0.939. The van der Waals surface area contributed by atoms with E-state index in [4.69, 9.17) is 9.47 Å². The molecule has 0 fully saturated rings. The molecule has 0 saturated carbocycles. The molecular formula is C11H11F3O3. The van der Waals surface area contributed by atoms with Crippen LogP contribution in [0.3, 0.4) is 0 Å². The Bertz CT molecular complexity index is 413. The molecule has 0 heterocycles. The third kappa shape index (κ3) is 2.89. The van der Waals surface area contributed by atoms with Gasteiger partial charge in [0.15, 0.2) is 6.29 Å². The Kier molecular flexibility index (Phi) is 3.98. The van der Waals surface area contributed by atoms with E-state index in [1.807, 2.05) is 0 Å². The summed E-state index contributed by atoms with van der Waals surface area (Å²) in [4.78, 5) is 10.7. The quantitative estimate of drug-likeness (QED) is 0.768. The Balaban J connectivity index is 3.40. The number of hydrogen-bond acceptors (Lipinski definition) is 3. The fraction of sp³-hybridized carbons (Fsp3) is 0.364. The summed E-state index contributed by atoms with van der Waals surface area (Å²) in [5, 5.41) is 0. The molecule has 0 spiro atoms. The first kappa shape index (κ1) is 13.3. The van der Waals surface area contributed by atoms with Gasteiger partial charge < -0.3 is 9.47 Å². The van der Waals surface area contributed by atoms with E-state index >= 15 is 0 Å². The molecule has 1 aromatic carbocycles. The molecule has 0 N–H and O–H groups in total. The van der Waals surface area contributed by atoms with Gasteiger partial charge >= 0.3 is 6.18 Å². The number of carbonyl (C=O) groups is 1. The molecule has 0 atom stereocenters. The van der Waals surface area contributed by atoms with Gasteiger partial charge in [0.1, 0.15) is 17.1 Å². The second-order valence-electron chi connectivity index (χ2n) is 3.14. The predicted octanol–water partition coefficient (Wildman–Crippen LogP) is 2.93. The Morgan fingerprint density at radius 1 is 1.29 bits per heavy atom. The van der Waals surface area contributed by atoms with E-state index < -0.39 is 11.7 Å². The fourth-order valence-corrected chi connectivity index (χ4v) is 1.34. The highest BCUT2D eigenvalue weighted by atomic mass is 19.4. The van der Waals surface area contributed by atoms with Crippen molar-refractivity contribution in [3.05, 3.63) is 23.3 Å². The molecular weight excluding hydrogens is 237 g/mol. The van der Waals surface area contributed by atoms with Gasteiger partial charge in [0.05, 0.1) is 19.3 Å². The van der Waals surface area contributed by atoms with Crippen molar-refractivity contribution in [1.82, 2.24) is 0 Å². The fourth-order valence-electron chi connectivity index (χ4n) is 1.34. The van der Waals surface area contributed by atoms with Crippen LogP contribution >= 0.6 is 0 Å². The Morgan fingerprint density at radius 2 is 1.94 bits per heavy atom. The number of hydrogen-bond donors (Lipinski definition) is 0. The van der Waals surface area contributed by atoms with Crippen LogP contribution in [0.2, 0.25) is 0 Å². The average Bonchev–Trinajstić information content (AvgIpc) is 2.27. The van der Waals surface area contributed by atoms with Gasteiger partial charge in [0.2, 0.25) is 0 Å². The molecule has 0 aromatic heterocycles. The molecule has 17 heavy (non-hydrogen) atoms. The maximum absolute atomic E-state index is 12.7. The van der Waals surface area contributed by atoms with Gasteiger partial charge in [-0.3, -0.25) is 4.79 Å². The van der Waals surface area contributed by atoms with Crippen molar-refractivity contribution in [2.45, 2.75) is 13.1 Å². The highest BCUT2D eigenvalue weighted by Crippen LogP contribution is 2.39. The van der Waals surface area contributed by atoms with Gasteiger partial charge in [-0.1, -0.05) is 0 Å². The Labute approximate surface area is 96.1 Å². The first-order valence-electron chi connectivity index (χ1n) is 4.81. The van der Waals surface area contributed by atoms with Crippen molar-refractivity contribution >= 4 is 6.29 Å². The van der Waals surface area contributed by atoms with Crippen LogP contribution in [0.5, 0.6) is 11.5 Å². The van der Waals surface area contributed by atoms with E-state index in [1.165, 1.54) is 7.11 Å². The molecule has 0 radical (unpaired) electrons. The van der Waals surface area contributed by atoms with Crippen LogP contribution in [-0.4, -0.2) is 20.0 Å². The third-order valence-electron chi connectivity index (χ3n) is 2.06. The van der Waals surface area contributed by atoms with Crippen molar-refractivity contribution in [3.63, 3.8) is 0 Å². The maximum atomic E-state index is 12.7. The molecule has 6 heteroatoms. The lowest BCUT2D eigenvalue weighted by atomic mass is 10.1. The number of rotatable bonds is 4. The minimum atomic E-state index is -4.56. The zero-order chi connectivity index (χ0) is 13.1. The standard InChI is InChI=1S/C11H11F3O3/c1-3-17-10-4-7(6-15)9(16-2)5-8(10)11(12,13)14/h4-6H,3H2,1-2H3. The molecule has 94 valence electrons. The number of halogens is 3. The van der Waals surface area contributed by atoms with Gasteiger partial charge in [0, 0.05) is 0 Å². The second-order valence-corrected chi connectivity index (χ2v) is 3.14. The molecule has 0 aliphatic rings. The van der Waals surface area contributed by atoms with Gasteiger partial charge in [0.25, 0.3) is 0 Å². The molecule has 3 nitrogen and oxygen atoms in total. The number of aldehydes is 1. The number of ether oxygens (including phenoxy) is 2. The van der Waals surface area contributed by atoms with E-state index in [1.54, 1.807) is 6.92 Å². The minimum Gasteiger partial charge on any atom is -0.496 e. The molecule has 0 amide bonds. The summed E-state index contributed by atoms with van der Waals surface area (Å²) < 4.78 is 47.7. The predicted molar refractivity (Wildman–Crippen MR) is 54.6 cm³/mol. The van der Waals surface area contributed by atoms with Crippen molar-refractivity contribution in [1.29, 1.82) is 0 Å². The number of methoxy groups -OCH3 is 1. The van der Waals surface area contributed by atoms with Crippen molar-refractivity contribution in [2.75, 3.05) is 13.7 Å². The molecule has 0 unspecified atom stereocenters. The molecule has 1 rings (SSSR count). The first-order chi connectivity index (χ1) is 7.93. The lowest BCUT2D eigenvalue weighted by Gasteiger charge is -2.15. The van der Waals surface area contributed by atoms with Gasteiger partial charge in [-0.25, -0.2) is 0 Å². The van der Waals surface area contributed by atoms with E-state index in [0.717, 1.165) is 12.1 Å². The first-order valence-corrected chi connectivity index (χ1v) is 4.81. The Hall–Kier alpha value is -1.72. The summed E-state index contributed by atoms with van der Waals surface area (Å²) in [6, 6.07) is 1.78. The smallest absolute Gasteiger partial charge is 0.420 e. The number of alkyl halides is 3. The zero-order valence-electron chi connectivity index (χ0n) is 9.30. The lowest BCUT2D eigenvalue weighted by molar-refractivity contribution is -0.139. The van der Waals surface area contributed by atoms with Crippen LogP contribution < -0.4 is 9.47 Å². The van der Waals surface area contributed by atoms with Crippen LogP contribution in [0.25, 0.3) is 0 Å². The van der Waals surface area contributed by atoms with E-state index in [0.29, 0.717) is 6.29 Å². The van der Waals surface area contributed by atoms with Crippen LogP contribution in [0.4, 0.5) is 13.2 Å². The summed E-state index contributed by atoms with van der Waals surface area (Å²) in [5.74, 6) is -0.501. The van der Waals surface area contributed by atoms with Gasteiger partial charge in [-0.2, -0.15) is 13.2 Å². The van der Waals surface area contributed by atoms with Gasteiger partial charge in [-0.15, -0.1) is 0 Å². The highest BCUT2D eigenvalue weighted by Gasteiger charge is 2.35. The number of benzene rings is 1. The lowest BCUT2D eigenvalue weighted by Crippen LogP contribution is -2.10. The SMILES string of the molecule is CCOc1cc(C=O)c(OC)cc1C(F)(F)F. The normalized spacial score (nSPS) is 11.1. The minimum absolute atomic E-state index is 0.0175. The monoisotopic (exact) mass is 248 g/mol. The largest absolute Gasteiger partial charge is 0.496 e. The molecule has 0 bridgehead atoms. The molecule has 0 aliphatic carbocycles. The van der Waals surface area contributed by atoms with Gasteiger partial charge in [-0.05, 0) is 19.1 Å². The van der Waals surface area contributed by atoms with Crippen LogP contribution in [-0.2, 0) is 6.18 Å². The average molecular weight is 248 g/mol. The van der Waals surface area contributed by atoms with Crippen LogP contribution in [0, 0.1) is 0 Å². The van der Waals surface area contributed by atoms with E-state index in [2.05, 4.69) is 0 Å². The highest BCUT2D eigenvalue weighted by molar-refractivity contribution is 5.80. The number of carbonyl (C=O) groups excluding carboxylic acids is 1. The topological polar surface area (TPSA) is 35.5 Å². The van der Waals surface area contributed by atoms with Crippen LogP contribution in [0.15, 0.2) is 12.1 Å².